The summed E-state index contributed by atoms with van der Waals surface area (Å²) in [4.78, 5) is 27.4. The van der Waals surface area contributed by atoms with Crippen LogP contribution in [0.1, 0.15) is 6.92 Å². The molecule has 0 fully saturated rings. The third-order valence-electron chi connectivity index (χ3n) is 3.98. The number of nitrogens with one attached hydrogen (secondary N) is 1. The molecule has 1 heterocycles. The van der Waals surface area contributed by atoms with Gasteiger partial charge in [-0.3, -0.25) is 9.59 Å². The number of ether oxygens (including phenoxy) is 2. The molecule has 0 spiro atoms. The fraction of sp³-hybridized carbons (Fsp3) is 0.136. The highest BCUT2D eigenvalue weighted by Gasteiger charge is 2.08. The molecular weight excluding hydrogens is 356 g/mol. The van der Waals surface area contributed by atoms with Crippen molar-refractivity contribution in [1.29, 1.82) is 0 Å². The van der Waals surface area contributed by atoms with Crippen molar-refractivity contribution in [3.8, 4) is 28.3 Å². The maximum atomic E-state index is 11.8. The molecule has 1 N–H and O–H groups in total. The van der Waals surface area contributed by atoms with E-state index in [-0.39, 0.29) is 6.61 Å². The van der Waals surface area contributed by atoms with Crippen LogP contribution in [0.15, 0.2) is 66.7 Å². The Labute approximate surface area is 163 Å². The predicted octanol–water partition coefficient (Wildman–Crippen LogP) is 3.93. The minimum atomic E-state index is -0.497. The van der Waals surface area contributed by atoms with Crippen LogP contribution < -0.4 is 10.1 Å². The molecule has 1 amide bonds. The lowest BCUT2D eigenvalue weighted by Crippen LogP contribution is -2.19. The van der Waals surface area contributed by atoms with Crippen molar-refractivity contribution >= 4 is 17.6 Å². The van der Waals surface area contributed by atoms with E-state index in [0.717, 1.165) is 28.3 Å². The van der Waals surface area contributed by atoms with E-state index in [1.165, 1.54) is 6.92 Å². The van der Waals surface area contributed by atoms with Gasteiger partial charge in [-0.2, -0.15) is 0 Å². The van der Waals surface area contributed by atoms with E-state index in [0.29, 0.717) is 5.69 Å². The van der Waals surface area contributed by atoms with Gasteiger partial charge in [-0.15, -0.1) is 0 Å². The molecule has 0 aliphatic rings. The van der Waals surface area contributed by atoms with Gasteiger partial charge < -0.3 is 14.8 Å². The first-order valence-corrected chi connectivity index (χ1v) is 8.70. The summed E-state index contributed by atoms with van der Waals surface area (Å²) in [5.74, 6) is -0.104. The van der Waals surface area contributed by atoms with Crippen LogP contribution in [-0.2, 0) is 14.3 Å². The van der Waals surface area contributed by atoms with Gasteiger partial charge in [0.25, 0.3) is 5.91 Å². The van der Waals surface area contributed by atoms with Crippen LogP contribution in [0.3, 0.4) is 0 Å². The molecule has 0 saturated heterocycles. The van der Waals surface area contributed by atoms with Crippen molar-refractivity contribution in [1.82, 2.24) is 4.98 Å². The molecule has 3 rings (SSSR count). The van der Waals surface area contributed by atoms with Gasteiger partial charge in [0.15, 0.2) is 6.61 Å². The zero-order chi connectivity index (χ0) is 19.9. The Kier molecular flexibility index (Phi) is 6.01. The first-order chi connectivity index (χ1) is 13.5. The van der Waals surface area contributed by atoms with Gasteiger partial charge in [0.05, 0.1) is 18.5 Å². The van der Waals surface area contributed by atoms with E-state index in [9.17, 15) is 9.59 Å². The molecule has 142 valence electrons. The summed E-state index contributed by atoms with van der Waals surface area (Å²) in [6.45, 7) is 0.945. The number of methoxy groups -OCH3 is 1. The summed E-state index contributed by atoms with van der Waals surface area (Å²) in [7, 11) is 1.63. The van der Waals surface area contributed by atoms with Crippen LogP contribution in [-0.4, -0.2) is 30.6 Å². The van der Waals surface area contributed by atoms with Crippen molar-refractivity contribution in [2.75, 3.05) is 19.0 Å². The third kappa shape index (κ3) is 4.94. The van der Waals surface area contributed by atoms with Crippen LogP contribution >= 0.6 is 0 Å². The van der Waals surface area contributed by atoms with E-state index in [4.69, 9.17) is 14.5 Å². The highest BCUT2D eigenvalue weighted by Crippen LogP contribution is 2.25. The monoisotopic (exact) mass is 376 g/mol. The number of carbonyl (C=O) groups excluding carboxylic acids is 2. The maximum Gasteiger partial charge on any atom is 0.303 e. The topological polar surface area (TPSA) is 77.5 Å². The number of rotatable bonds is 6. The Morgan fingerprint density at radius 1 is 0.929 bits per heavy atom. The summed E-state index contributed by atoms with van der Waals surface area (Å²) < 4.78 is 9.89. The largest absolute Gasteiger partial charge is 0.497 e. The predicted molar refractivity (Wildman–Crippen MR) is 107 cm³/mol. The minimum Gasteiger partial charge on any atom is -0.497 e. The summed E-state index contributed by atoms with van der Waals surface area (Å²) in [5.41, 5.74) is 4.06. The van der Waals surface area contributed by atoms with E-state index >= 15 is 0 Å². The molecule has 6 nitrogen and oxygen atoms in total. The fourth-order valence-electron chi connectivity index (χ4n) is 2.64. The van der Waals surface area contributed by atoms with E-state index < -0.39 is 11.9 Å². The first kappa shape index (κ1) is 19.1. The fourth-order valence-corrected chi connectivity index (χ4v) is 2.64. The average Bonchev–Trinajstić information content (AvgIpc) is 2.72. The number of aromatic nitrogens is 1. The van der Waals surface area contributed by atoms with Gasteiger partial charge in [0.2, 0.25) is 0 Å². The Hall–Kier alpha value is -3.67. The number of carbonyl (C=O) groups is 2. The zero-order valence-corrected chi connectivity index (χ0v) is 15.6. The second-order valence-corrected chi connectivity index (χ2v) is 6.05. The Morgan fingerprint density at radius 2 is 1.61 bits per heavy atom. The molecule has 0 unspecified atom stereocenters. The second kappa shape index (κ2) is 8.81. The lowest BCUT2D eigenvalue weighted by molar-refractivity contribution is -0.144. The SMILES string of the molecule is COc1ccc(-c2cccc(-c3cccc(NC(=O)COC(C)=O)c3)n2)cc1. The average molecular weight is 376 g/mol. The first-order valence-electron chi connectivity index (χ1n) is 8.70. The lowest BCUT2D eigenvalue weighted by atomic mass is 10.1. The van der Waals surface area contributed by atoms with Gasteiger partial charge in [-0.05, 0) is 48.5 Å². The van der Waals surface area contributed by atoms with Crippen molar-refractivity contribution in [3.63, 3.8) is 0 Å². The molecule has 3 aromatic rings. The number of pyridine rings is 1. The van der Waals surface area contributed by atoms with Crippen molar-refractivity contribution < 1.29 is 19.1 Å². The number of hydrogen-bond acceptors (Lipinski definition) is 5. The highest BCUT2D eigenvalue weighted by molar-refractivity contribution is 5.93. The summed E-state index contributed by atoms with van der Waals surface area (Å²) >= 11 is 0. The molecule has 28 heavy (non-hydrogen) atoms. The second-order valence-electron chi connectivity index (χ2n) is 6.05. The molecule has 0 atom stereocenters. The number of benzene rings is 2. The van der Waals surface area contributed by atoms with Crippen molar-refractivity contribution in [2.24, 2.45) is 0 Å². The standard InChI is InChI=1S/C22H20N2O4/c1-15(25)28-14-22(26)23-18-6-3-5-17(13-18)21-8-4-7-20(24-21)16-9-11-19(27-2)12-10-16/h3-13H,14H2,1-2H3,(H,23,26). The van der Waals surface area contributed by atoms with Crippen LogP contribution in [0.2, 0.25) is 0 Å². The molecule has 0 radical (unpaired) electrons. The molecule has 0 bridgehead atoms. The molecule has 2 aromatic carbocycles. The molecule has 6 heteroatoms. The lowest BCUT2D eigenvalue weighted by Gasteiger charge is -2.09. The van der Waals surface area contributed by atoms with Gasteiger partial charge >= 0.3 is 5.97 Å². The van der Waals surface area contributed by atoms with Crippen molar-refractivity contribution in [2.45, 2.75) is 6.92 Å². The Bertz CT molecular complexity index is 984. The van der Waals surface area contributed by atoms with Gasteiger partial charge in [-0.25, -0.2) is 4.98 Å². The number of amides is 1. The number of nitrogens with zero attached hydrogens (tertiary/aromatic N) is 1. The number of esters is 1. The maximum absolute atomic E-state index is 11.8. The molecule has 0 aliphatic carbocycles. The van der Waals surface area contributed by atoms with Gasteiger partial charge in [-0.1, -0.05) is 18.2 Å². The van der Waals surface area contributed by atoms with E-state index in [1.54, 1.807) is 13.2 Å². The number of hydrogen-bond donors (Lipinski definition) is 1. The van der Waals surface area contributed by atoms with E-state index in [2.05, 4.69) is 5.32 Å². The van der Waals surface area contributed by atoms with Crippen LogP contribution in [0.4, 0.5) is 5.69 Å². The smallest absolute Gasteiger partial charge is 0.303 e. The Morgan fingerprint density at radius 3 is 2.29 bits per heavy atom. The zero-order valence-electron chi connectivity index (χ0n) is 15.6. The molecule has 1 aromatic heterocycles. The third-order valence-corrected chi connectivity index (χ3v) is 3.98. The van der Waals surface area contributed by atoms with Crippen LogP contribution in [0.5, 0.6) is 5.75 Å². The molecule has 0 aliphatic heterocycles. The summed E-state index contributed by atoms with van der Waals surface area (Å²) in [6, 6.07) is 20.8. The number of anilines is 1. The van der Waals surface area contributed by atoms with Gasteiger partial charge in [0, 0.05) is 23.7 Å². The van der Waals surface area contributed by atoms with Crippen LogP contribution in [0, 0.1) is 0 Å². The quantitative estimate of drug-likeness (QED) is 0.660. The summed E-state index contributed by atoms with van der Waals surface area (Å²) in [5, 5.41) is 2.71. The molecule has 0 saturated carbocycles. The van der Waals surface area contributed by atoms with Crippen molar-refractivity contribution in [3.05, 3.63) is 66.7 Å². The minimum absolute atomic E-state index is 0.315. The van der Waals surface area contributed by atoms with Crippen LogP contribution in [0.25, 0.3) is 22.5 Å². The normalized spacial score (nSPS) is 10.2. The summed E-state index contributed by atoms with van der Waals surface area (Å²) in [6.07, 6.45) is 0. The highest BCUT2D eigenvalue weighted by atomic mass is 16.5. The Balaban J connectivity index is 1.80. The van der Waals surface area contributed by atoms with E-state index in [1.807, 2.05) is 60.7 Å². The van der Waals surface area contributed by atoms with Gasteiger partial charge in [0.1, 0.15) is 5.75 Å². The molecular formula is C22H20N2O4.